The first kappa shape index (κ1) is 19.6. The van der Waals surface area contributed by atoms with Crippen molar-refractivity contribution < 1.29 is 18.7 Å². The van der Waals surface area contributed by atoms with Gasteiger partial charge in [0.1, 0.15) is 24.1 Å². The van der Waals surface area contributed by atoms with Crippen molar-refractivity contribution in [3.63, 3.8) is 0 Å². The molecule has 0 radical (unpaired) electrons. The fourth-order valence-corrected chi connectivity index (χ4v) is 3.34. The number of carbonyl (C=O) groups excluding carboxylic acids is 2. The molecule has 8 nitrogen and oxygen atoms in total. The number of rotatable bonds is 6. The Hall–Kier alpha value is -3.75. The number of halogens is 1. The van der Waals surface area contributed by atoms with E-state index >= 15 is 0 Å². The summed E-state index contributed by atoms with van der Waals surface area (Å²) in [6, 6.07) is 8.11. The van der Waals surface area contributed by atoms with Crippen LogP contribution < -0.4 is 10.6 Å². The molecule has 30 heavy (non-hydrogen) atoms. The maximum Gasteiger partial charge on any atom is 0.414 e. The number of pyridine rings is 1. The number of benzene rings is 1. The molecule has 0 aliphatic carbocycles. The lowest BCUT2D eigenvalue weighted by molar-refractivity contribution is -0.118. The number of anilines is 1. The molecule has 1 aromatic carbocycles. The standard InChI is InChI=1S/C21H20FN5O3/c1-13-10-26(12-25-13)20-7-2-14(9-24-20)17-5-3-15(8-18(17)22)27-11-16(30-21(27)29)4-6-19(23)28/h2-3,5,7-10,12,16H,4,6,11H2,1H3,(H2,23,28). The van der Waals surface area contributed by atoms with Gasteiger partial charge in [0, 0.05) is 29.9 Å². The van der Waals surface area contributed by atoms with Gasteiger partial charge in [0.05, 0.1) is 17.9 Å². The maximum atomic E-state index is 14.8. The highest BCUT2D eigenvalue weighted by atomic mass is 19.1. The number of nitrogens with zero attached hydrogens (tertiary/aromatic N) is 4. The molecule has 1 saturated heterocycles. The summed E-state index contributed by atoms with van der Waals surface area (Å²) >= 11 is 0. The molecule has 3 aromatic rings. The predicted octanol–water partition coefficient (Wildman–Crippen LogP) is 2.97. The highest BCUT2D eigenvalue weighted by Crippen LogP contribution is 2.29. The Bertz CT molecular complexity index is 1100. The van der Waals surface area contributed by atoms with Gasteiger partial charge in [-0.25, -0.2) is 19.2 Å². The third-order valence-corrected chi connectivity index (χ3v) is 4.89. The SMILES string of the molecule is Cc1cn(-c2ccc(-c3ccc(N4CC(CCC(N)=O)OC4=O)cc3F)cn2)cn1. The predicted molar refractivity (Wildman–Crippen MR) is 108 cm³/mol. The molecule has 1 aliphatic heterocycles. The van der Waals surface area contributed by atoms with Crippen LogP contribution in [-0.4, -0.2) is 39.2 Å². The van der Waals surface area contributed by atoms with Crippen LogP contribution in [0.2, 0.25) is 0 Å². The molecule has 154 valence electrons. The Morgan fingerprint density at radius 3 is 2.77 bits per heavy atom. The van der Waals surface area contributed by atoms with Gasteiger partial charge in [0.2, 0.25) is 5.91 Å². The number of hydrogen-bond acceptors (Lipinski definition) is 5. The van der Waals surface area contributed by atoms with Gasteiger partial charge in [0.25, 0.3) is 0 Å². The second-order valence-corrected chi connectivity index (χ2v) is 7.11. The van der Waals surface area contributed by atoms with E-state index in [0.29, 0.717) is 29.1 Å². The number of carbonyl (C=O) groups is 2. The van der Waals surface area contributed by atoms with Crippen LogP contribution in [0, 0.1) is 12.7 Å². The lowest BCUT2D eigenvalue weighted by atomic mass is 10.1. The maximum absolute atomic E-state index is 14.8. The average Bonchev–Trinajstić information content (AvgIpc) is 3.32. The van der Waals surface area contributed by atoms with E-state index in [2.05, 4.69) is 9.97 Å². The number of ether oxygens (including phenoxy) is 1. The second kappa shape index (κ2) is 7.94. The van der Waals surface area contributed by atoms with E-state index in [0.717, 1.165) is 5.69 Å². The molecule has 0 spiro atoms. The summed E-state index contributed by atoms with van der Waals surface area (Å²) < 4.78 is 21.8. The van der Waals surface area contributed by atoms with E-state index in [1.54, 1.807) is 41.4 Å². The highest BCUT2D eigenvalue weighted by molar-refractivity contribution is 5.90. The van der Waals surface area contributed by atoms with Gasteiger partial charge >= 0.3 is 6.09 Å². The zero-order valence-corrected chi connectivity index (χ0v) is 16.3. The van der Waals surface area contributed by atoms with E-state index in [1.165, 1.54) is 11.0 Å². The smallest absolute Gasteiger partial charge is 0.414 e. The van der Waals surface area contributed by atoms with E-state index < -0.39 is 23.9 Å². The molecule has 9 heteroatoms. The first-order valence-corrected chi connectivity index (χ1v) is 9.44. The molecule has 1 aliphatic rings. The van der Waals surface area contributed by atoms with Crippen molar-refractivity contribution in [2.24, 2.45) is 5.73 Å². The van der Waals surface area contributed by atoms with Crippen molar-refractivity contribution in [2.45, 2.75) is 25.9 Å². The van der Waals surface area contributed by atoms with Crippen LogP contribution in [0.15, 0.2) is 49.1 Å². The van der Waals surface area contributed by atoms with E-state index in [4.69, 9.17) is 10.5 Å². The van der Waals surface area contributed by atoms with Crippen molar-refractivity contribution in [1.82, 2.24) is 14.5 Å². The van der Waals surface area contributed by atoms with Gasteiger partial charge < -0.3 is 10.5 Å². The van der Waals surface area contributed by atoms with Gasteiger partial charge in [-0.05, 0) is 43.7 Å². The third-order valence-electron chi connectivity index (χ3n) is 4.89. The fraction of sp³-hybridized carbons (Fsp3) is 0.238. The molecule has 1 atom stereocenters. The van der Waals surface area contributed by atoms with E-state index in [1.807, 2.05) is 13.1 Å². The second-order valence-electron chi connectivity index (χ2n) is 7.11. The zero-order chi connectivity index (χ0) is 21.3. The molecule has 2 N–H and O–H groups in total. The largest absolute Gasteiger partial charge is 0.444 e. The van der Waals surface area contributed by atoms with Crippen molar-refractivity contribution in [2.75, 3.05) is 11.4 Å². The summed E-state index contributed by atoms with van der Waals surface area (Å²) in [5.74, 6) is -0.255. The molecule has 0 bridgehead atoms. The van der Waals surface area contributed by atoms with Gasteiger partial charge in [-0.15, -0.1) is 0 Å². The number of cyclic esters (lactones) is 1. The summed E-state index contributed by atoms with van der Waals surface area (Å²) in [7, 11) is 0. The number of imidazole rings is 1. The topological polar surface area (TPSA) is 103 Å². The Morgan fingerprint density at radius 1 is 1.30 bits per heavy atom. The van der Waals surface area contributed by atoms with Crippen LogP contribution in [0.25, 0.3) is 16.9 Å². The lowest BCUT2D eigenvalue weighted by Crippen LogP contribution is -2.25. The number of aryl methyl sites for hydroxylation is 1. The van der Waals surface area contributed by atoms with Gasteiger partial charge in [-0.3, -0.25) is 14.3 Å². The molecule has 2 aromatic heterocycles. The molecule has 3 heterocycles. The van der Waals surface area contributed by atoms with Crippen molar-refractivity contribution in [3.8, 4) is 16.9 Å². The van der Waals surface area contributed by atoms with Crippen molar-refractivity contribution in [1.29, 1.82) is 0 Å². The Kier molecular flexibility index (Phi) is 5.18. The van der Waals surface area contributed by atoms with Crippen LogP contribution in [0.1, 0.15) is 18.5 Å². The molecule has 2 amide bonds. The number of aromatic nitrogens is 3. The monoisotopic (exact) mass is 409 g/mol. The molecular formula is C21H20FN5O3. The van der Waals surface area contributed by atoms with Crippen LogP contribution in [0.5, 0.6) is 0 Å². The summed E-state index contributed by atoms with van der Waals surface area (Å²) in [5.41, 5.74) is 7.39. The number of nitrogens with two attached hydrogens (primary N) is 1. The number of primary amides is 1. The quantitative estimate of drug-likeness (QED) is 0.674. The minimum atomic E-state index is -0.571. The number of hydrogen-bond donors (Lipinski definition) is 1. The van der Waals surface area contributed by atoms with Crippen molar-refractivity contribution >= 4 is 17.7 Å². The van der Waals surface area contributed by atoms with Crippen LogP contribution in [0.3, 0.4) is 0 Å². The Labute approximate surface area is 172 Å². The summed E-state index contributed by atoms with van der Waals surface area (Å²) in [5, 5.41) is 0. The van der Waals surface area contributed by atoms with Gasteiger partial charge in [-0.2, -0.15) is 0 Å². The highest BCUT2D eigenvalue weighted by Gasteiger charge is 2.32. The molecule has 0 saturated carbocycles. The Morgan fingerprint density at radius 2 is 2.13 bits per heavy atom. The molecule has 1 fully saturated rings. The minimum absolute atomic E-state index is 0.126. The van der Waals surface area contributed by atoms with Crippen LogP contribution >= 0.6 is 0 Å². The normalized spacial score (nSPS) is 16.0. The van der Waals surface area contributed by atoms with Gasteiger partial charge in [-0.1, -0.05) is 0 Å². The summed E-state index contributed by atoms with van der Waals surface area (Å²) in [4.78, 5) is 32.9. The van der Waals surface area contributed by atoms with E-state index in [-0.39, 0.29) is 13.0 Å². The zero-order valence-electron chi connectivity index (χ0n) is 16.3. The first-order chi connectivity index (χ1) is 14.4. The average molecular weight is 409 g/mol. The summed E-state index contributed by atoms with van der Waals surface area (Å²) in [6.45, 7) is 2.13. The minimum Gasteiger partial charge on any atom is -0.444 e. The molecule has 4 rings (SSSR count). The number of amides is 2. The lowest BCUT2D eigenvalue weighted by Gasteiger charge is -2.14. The first-order valence-electron chi connectivity index (χ1n) is 9.44. The van der Waals surface area contributed by atoms with Crippen molar-refractivity contribution in [3.05, 3.63) is 60.6 Å². The van der Waals surface area contributed by atoms with E-state index in [9.17, 15) is 14.0 Å². The summed E-state index contributed by atoms with van der Waals surface area (Å²) in [6.07, 6.45) is 4.55. The van der Waals surface area contributed by atoms with Crippen LogP contribution in [-0.2, 0) is 9.53 Å². The Balaban J connectivity index is 1.51. The molecular weight excluding hydrogens is 389 g/mol. The van der Waals surface area contributed by atoms with Gasteiger partial charge in [0.15, 0.2) is 0 Å². The third kappa shape index (κ3) is 4.00. The fourth-order valence-electron chi connectivity index (χ4n) is 3.34. The van der Waals surface area contributed by atoms with Crippen LogP contribution in [0.4, 0.5) is 14.9 Å². The molecule has 1 unspecified atom stereocenters.